The maximum atomic E-state index is 15.0. The Kier molecular flexibility index (Phi) is 9.92. The monoisotopic (exact) mass is 718 g/mol. The smallest absolute Gasteiger partial charge is 0.407 e. The molecule has 4 aromatic carbocycles. The molecular formula is C44H47ClN2O5. The first kappa shape index (κ1) is 35.8. The van der Waals surface area contributed by atoms with Gasteiger partial charge in [0.25, 0.3) is 0 Å². The number of carboxylic acid groups (broad SMARTS) is 1. The summed E-state index contributed by atoms with van der Waals surface area (Å²) < 4.78 is 6.05. The zero-order valence-electron chi connectivity index (χ0n) is 30.1. The maximum Gasteiger partial charge on any atom is 0.407 e. The highest BCUT2D eigenvalue weighted by molar-refractivity contribution is 6.30. The van der Waals surface area contributed by atoms with E-state index < -0.39 is 34.9 Å². The molecule has 0 saturated carbocycles. The van der Waals surface area contributed by atoms with Crippen molar-refractivity contribution in [3.63, 3.8) is 0 Å². The van der Waals surface area contributed by atoms with E-state index in [1.807, 2.05) is 86.3 Å². The Balaban J connectivity index is 1.17. The molecular weight excluding hydrogens is 672 g/mol. The normalized spacial score (nSPS) is 20.7. The topological polar surface area (TPSA) is 95.9 Å². The fourth-order valence-corrected chi connectivity index (χ4v) is 9.36. The molecule has 1 heterocycles. The van der Waals surface area contributed by atoms with E-state index in [9.17, 15) is 19.5 Å². The van der Waals surface area contributed by atoms with Gasteiger partial charge in [-0.3, -0.25) is 9.59 Å². The third kappa shape index (κ3) is 7.08. The highest BCUT2D eigenvalue weighted by Gasteiger charge is 2.50. The molecule has 2 N–H and O–H groups in total. The third-order valence-corrected chi connectivity index (χ3v) is 11.8. The van der Waals surface area contributed by atoms with Crippen molar-refractivity contribution < 1.29 is 24.2 Å². The predicted octanol–water partition coefficient (Wildman–Crippen LogP) is 8.88. The zero-order chi connectivity index (χ0) is 36.6. The summed E-state index contributed by atoms with van der Waals surface area (Å²) in [5.41, 5.74) is 6.28. The van der Waals surface area contributed by atoms with Gasteiger partial charge in [-0.05, 0) is 94.5 Å². The molecule has 1 saturated heterocycles. The molecule has 7 rings (SSSR count). The molecule has 7 nitrogen and oxygen atoms in total. The molecule has 0 radical (unpaired) electrons. The predicted molar refractivity (Wildman–Crippen MR) is 203 cm³/mol. The van der Waals surface area contributed by atoms with Gasteiger partial charge >= 0.3 is 12.1 Å². The number of aliphatic carboxylic acids is 1. The number of halogens is 1. The van der Waals surface area contributed by atoms with Gasteiger partial charge in [-0.2, -0.15) is 0 Å². The molecule has 1 aliphatic heterocycles. The number of alkyl carbamates (subject to hydrolysis) is 1. The van der Waals surface area contributed by atoms with Gasteiger partial charge in [0.2, 0.25) is 5.91 Å². The summed E-state index contributed by atoms with van der Waals surface area (Å²) in [7, 11) is 0. The number of rotatable bonds is 9. The number of nitrogens with one attached hydrogen (secondary N) is 1. The number of carbonyl (C=O) groups is 3. The van der Waals surface area contributed by atoms with Crippen LogP contribution in [0, 0.1) is 17.3 Å². The van der Waals surface area contributed by atoms with Crippen LogP contribution >= 0.6 is 11.6 Å². The number of carbonyl (C=O) groups excluding carboxylic acids is 2. The Hall–Kier alpha value is -4.62. The molecule has 52 heavy (non-hydrogen) atoms. The third-order valence-electron chi connectivity index (χ3n) is 11.5. The van der Waals surface area contributed by atoms with Crippen LogP contribution in [-0.4, -0.2) is 53.2 Å². The minimum Gasteiger partial charge on any atom is -0.481 e. The van der Waals surface area contributed by atoms with E-state index in [-0.39, 0.29) is 30.9 Å². The second kappa shape index (κ2) is 14.4. The molecule has 4 atom stereocenters. The zero-order valence-corrected chi connectivity index (χ0v) is 30.9. The van der Waals surface area contributed by atoms with Crippen LogP contribution in [0.5, 0.6) is 0 Å². The van der Waals surface area contributed by atoms with Crippen molar-refractivity contribution in [3.8, 4) is 11.1 Å². The summed E-state index contributed by atoms with van der Waals surface area (Å²) >= 11 is 6.25. The lowest BCUT2D eigenvalue weighted by molar-refractivity contribution is -0.157. The first-order chi connectivity index (χ1) is 24.9. The number of fused-ring (bicyclic) bond motifs is 4. The highest BCUT2D eigenvalue weighted by atomic mass is 35.5. The van der Waals surface area contributed by atoms with Crippen molar-refractivity contribution in [3.05, 3.63) is 130 Å². The van der Waals surface area contributed by atoms with Crippen LogP contribution < -0.4 is 5.32 Å². The molecule has 270 valence electrons. The van der Waals surface area contributed by atoms with E-state index in [0.717, 1.165) is 46.2 Å². The molecule has 8 heteroatoms. The number of benzene rings is 4. The Labute approximate surface area is 311 Å². The van der Waals surface area contributed by atoms with E-state index in [1.54, 1.807) is 0 Å². The van der Waals surface area contributed by atoms with Crippen molar-refractivity contribution in [2.45, 2.75) is 70.3 Å². The van der Waals surface area contributed by atoms with Crippen LogP contribution in [0.25, 0.3) is 11.1 Å². The van der Waals surface area contributed by atoms with Gasteiger partial charge in [0.05, 0.1) is 17.4 Å². The van der Waals surface area contributed by atoms with Gasteiger partial charge in [-0.25, -0.2) is 4.79 Å². The van der Waals surface area contributed by atoms with Crippen LogP contribution in [0.15, 0.2) is 97.1 Å². The number of ether oxygens (including phenoxy) is 1. The number of carboxylic acids is 1. The quantitative estimate of drug-likeness (QED) is 0.180. The molecule has 1 fully saturated rings. The lowest BCUT2D eigenvalue weighted by Gasteiger charge is -2.46. The van der Waals surface area contributed by atoms with Crippen LogP contribution in [0.2, 0.25) is 5.02 Å². The van der Waals surface area contributed by atoms with E-state index >= 15 is 0 Å². The molecule has 2 amide bonds. The first-order valence-corrected chi connectivity index (χ1v) is 18.8. The van der Waals surface area contributed by atoms with Gasteiger partial charge in [0.15, 0.2) is 0 Å². The molecule has 2 aliphatic carbocycles. The molecule has 3 aliphatic rings. The largest absolute Gasteiger partial charge is 0.481 e. The van der Waals surface area contributed by atoms with Crippen molar-refractivity contribution in [1.82, 2.24) is 10.2 Å². The summed E-state index contributed by atoms with van der Waals surface area (Å²) in [6.07, 6.45) is 2.72. The Morgan fingerprint density at radius 1 is 0.904 bits per heavy atom. The van der Waals surface area contributed by atoms with Crippen molar-refractivity contribution in [2.75, 3.05) is 19.7 Å². The molecule has 0 bridgehead atoms. The van der Waals surface area contributed by atoms with Gasteiger partial charge in [0, 0.05) is 24.0 Å². The molecule has 0 aromatic heterocycles. The van der Waals surface area contributed by atoms with Crippen molar-refractivity contribution in [2.24, 2.45) is 17.3 Å². The number of hydrogen-bond donors (Lipinski definition) is 2. The van der Waals surface area contributed by atoms with Crippen LogP contribution in [-0.2, 0) is 27.2 Å². The summed E-state index contributed by atoms with van der Waals surface area (Å²) in [6, 6.07) is 32.1. The van der Waals surface area contributed by atoms with Crippen molar-refractivity contribution >= 4 is 29.6 Å². The second-order valence-corrected chi connectivity index (χ2v) is 16.4. The number of amides is 2. The average Bonchev–Trinajstić information content (AvgIpc) is 3.69. The summed E-state index contributed by atoms with van der Waals surface area (Å²) in [6.45, 7) is 6.62. The Morgan fingerprint density at radius 2 is 1.52 bits per heavy atom. The van der Waals surface area contributed by atoms with Gasteiger partial charge in [-0.1, -0.05) is 117 Å². The fraction of sp³-hybridized carbons (Fsp3) is 0.386. The standard InChI is InChI=1S/C44H47ClN2O5/c1-43(2,3)39(41(49)50)38(36-22-19-29-11-4-5-12-31(29)36)40(48)47-24-10-23-44(27-47,25-28-17-20-30(45)21-18-28)46-42(51)52-26-37-34-15-8-6-13-32(34)33-14-7-9-16-35(33)37/h4-9,11-18,20-21,36-39H,10,19,22-27H2,1-3H3,(H,46,51)(H,49,50)/t36-,38?,39-,44-/m1/s1. The van der Waals surface area contributed by atoms with Gasteiger partial charge in [-0.15, -0.1) is 0 Å². The molecule has 4 aromatic rings. The van der Waals surface area contributed by atoms with Gasteiger partial charge in [0.1, 0.15) is 6.61 Å². The van der Waals surface area contributed by atoms with Crippen LogP contribution in [0.4, 0.5) is 4.79 Å². The number of hydrogen-bond acceptors (Lipinski definition) is 4. The highest BCUT2D eigenvalue weighted by Crippen LogP contribution is 2.48. The molecule has 1 unspecified atom stereocenters. The van der Waals surface area contributed by atoms with Crippen LogP contribution in [0.1, 0.15) is 79.7 Å². The number of piperidine rings is 1. The van der Waals surface area contributed by atoms with E-state index in [0.29, 0.717) is 30.8 Å². The van der Waals surface area contributed by atoms with E-state index in [1.165, 1.54) is 5.56 Å². The van der Waals surface area contributed by atoms with Crippen molar-refractivity contribution in [1.29, 1.82) is 0 Å². The summed E-state index contributed by atoms with van der Waals surface area (Å²) in [5, 5.41) is 14.6. The maximum absolute atomic E-state index is 15.0. The second-order valence-electron chi connectivity index (χ2n) is 15.9. The van der Waals surface area contributed by atoms with E-state index in [2.05, 4.69) is 41.7 Å². The SMILES string of the molecule is CC(C)(C)[C@@H](C(=O)O)C(C(=O)N1CCC[C@](Cc2ccc(Cl)cc2)(NC(=O)OCC2c3ccccc3-c3ccccc32)C1)[C@@H]1CCc2ccccc21. The summed E-state index contributed by atoms with van der Waals surface area (Å²) in [5.74, 6) is -3.10. The summed E-state index contributed by atoms with van der Waals surface area (Å²) in [4.78, 5) is 43.8. The first-order valence-electron chi connectivity index (χ1n) is 18.4. The number of aryl methyl sites for hydroxylation is 1. The van der Waals surface area contributed by atoms with Crippen LogP contribution in [0.3, 0.4) is 0 Å². The lowest BCUT2D eigenvalue weighted by Crippen LogP contribution is -2.62. The minimum atomic E-state index is -0.962. The van der Waals surface area contributed by atoms with E-state index in [4.69, 9.17) is 16.3 Å². The number of likely N-dealkylation sites (tertiary alicyclic amines) is 1. The minimum absolute atomic E-state index is 0.0878. The number of nitrogens with zero attached hydrogens (tertiary/aromatic N) is 1. The van der Waals surface area contributed by atoms with Gasteiger partial charge < -0.3 is 20.1 Å². The lowest BCUT2D eigenvalue weighted by atomic mass is 9.66. The average molecular weight is 719 g/mol. The fourth-order valence-electron chi connectivity index (χ4n) is 9.24. The Bertz CT molecular complexity index is 1920. The molecule has 0 spiro atoms. The Morgan fingerprint density at radius 3 is 2.15 bits per heavy atom.